The van der Waals surface area contributed by atoms with Crippen molar-refractivity contribution in [2.45, 2.75) is 6.42 Å². The Hall–Kier alpha value is -0.420. The molecule has 1 atom stereocenters. The molecule has 2 heteroatoms. The van der Waals surface area contributed by atoms with Gasteiger partial charge in [-0.25, -0.2) is 0 Å². The van der Waals surface area contributed by atoms with Gasteiger partial charge in [-0.1, -0.05) is 0 Å². The molecule has 9 heavy (non-hydrogen) atoms. The molecule has 0 aliphatic rings. The van der Waals surface area contributed by atoms with Gasteiger partial charge >= 0.3 is 0 Å². The number of rotatable bonds is 2. The van der Waals surface area contributed by atoms with Gasteiger partial charge in [-0.15, -0.1) is 9.24 Å². The second kappa shape index (κ2) is 3.58. The Kier molecular flexibility index (Phi) is 2.66. The zero-order valence-corrected chi connectivity index (χ0v) is 6.40. The van der Waals surface area contributed by atoms with Gasteiger partial charge in [0.25, 0.3) is 0 Å². The van der Waals surface area contributed by atoms with E-state index >= 15 is 0 Å². The molecule has 0 fully saturated rings. The predicted molar refractivity (Wildman–Crippen MR) is 42.5 cm³/mol. The standard InChI is InChI=1S/C7H10NP/c9-6-3-7-1-4-8-5-2-7/h1-2,4-5H,3,6,9H2. The molecule has 0 aromatic carbocycles. The van der Waals surface area contributed by atoms with E-state index < -0.39 is 0 Å². The van der Waals surface area contributed by atoms with Crippen LogP contribution in [0.2, 0.25) is 0 Å². The molecule has 0 spiro atoms. The summed E-state index contributed by atoms with van der Waals surface area (Å²) in [5.74, 6) is 0. The second-order valence-electron chi connectivity index (χ2n) is 1.89. The maximum absolute atomic E-state index is 3.92. The van der Waals surface area contributed by atoms with Crippen molar-refractivity contribution in [1.29, 1.82) is 0 Å². The van der Waals surface area contributed by atoms with Crippen LogP contribution in [0, 0.1) is 0 Å². The van der Waals surface area contributed by atoms with Crippen molar-refractivity contribution in [3.05, 3.63) is 30.1 Å². The van der Waals surface area contributed by atoms with Crippen LogP contribution in [0.1, 0.15) is 5.56 Å². The highest BCUT2D eigenvalue weighted by atomic mass is 31.0. The summed E-state index contributed by atoms with van der Waals surface area (Å²) in [5, 5.41) is 0. The van der Waals surface area contributed by atoms with E-state index in [1.807, 2.05) is 24.5 Å². The van der Waals surface area contributed by atoms with Crippen molar-refractivity contribution < 1.29 is 0 Å². The number of hydrogen-bond acceptors (Lipinski definition) is 1. The van der Waals surface area contributed by atoms with Crippen molar-refractivity contribution in [2.24, 2.45) is 0 Å². The fraction of sp³-hybridized carbons (Fsp3) is 0.286. The quantitative estimate of drug-likeness (QED) is 0.566. The summed E-state index contributed by atoms with van der Waals surface area (Å²) in [6.45, 7) is 0. The van der Waals surface area contributed by atoms with Crippen LogP contribution in [0.5, 0.6) is 0 Å². The van der Waals surface area contributed by atoms with E-state index in [1.54, 1.807) is 0 Å². The molecule has 1 unspecified atom stereocenters. The van der Waals surface area contributed by atoms with Crippen molar-refractivity contribution in [1.82, 2.24) is 4.98 Å². The predicted octanol–water partition coefficient (Wildman–Crippen LogP) is 1.50. The molecule has 0 radical (unpaired) electrons. The SMILES string of the molecule is PCCc1ccncc1. The zero-order chi connectivity index (χ0) is 6.53. The van der Waals surface area contributed by atoms with Crippen molar-refractivity contribution in [2.75, 3.05) is 6.16 Å². The maximum atomic E-state index is 3.92. The number of pyridine rings is 1. The zero-order valence-electron chi connectivity index (χ0n) is 5.25. The Morgan fingerprint density at radius 1 is 1.33 bits per heavy atom. The molecule has 0 amide bonds. The molecule has 1 aromatic rings. The summed E-state index contributed by atoms with van der Waals surface area (Å²) >= 11 is 0. The minimum Gasteiger partial charge on any atom is -0.265 e. The third-order valence-corrected chi connectivity index (χ3v) is 1.47. The first-order chi connectivity index (χ1) is 4.43. The monoisotopic (exact) mass is 139 g/mol. The summed E-state index contributed by atoms with van der Waals surface area (Å²) in [4.78, 5) is 3.92. The topological polar surface area (TPSA) is 12.9 Å². The van der Waals surface area contributed by atoms with Gasteiger partial charge in [0, 0.05) is 12.4 Å². The van der Waals surface area contributed by atoms with Crippen molar-refractivity contribution >= 4 is 9.24 Å². The van der Waals surface area contributed by atoms with E-state index in [9.17, 15) is 0 Å². The van der Waals surface area contributed by atoms with E-state index in [1.165, 1.54) is 5.56 Å². The Labute approximate surface area is 57.7 Å². The van der Waals surface area contributed by atoms with E-state index in [-0.39, 0.29) is 0 Å². The summed E-state index contributed by atoms with van der Waals surface area (Å²) < 4.78 is 0. The van der Waals surface area contributed by atoms with Gasteiger partial charge < -0.3 is 0 Å². The summed E-state index contributed by atoms with van der Waals surface area (Å²) in [6.07, 6.45) is 5.92. The van der Waals surface area contributed by atoms with Crippen LogP contribution in [0.15, 0.2) is 24.5 Å². The van der Waals surface area contributed by atoms with Crippen LogP contribution < -0.4 is 0 Å². The highest BCUT2D eigenvalue weighted by Crippen LogP contribution is 1.98. The lowest BCUT2D eigenvalue weighted by Gasteiger charge is -1.93. The van der Waals surface area contributed by atoms with Crippen LogP contribution in [0.4, 0.5) is 0 Å². The summed E-state index contributed by atoms with van der Waals surface area (Å²) in [5.41, 5.74) is 1.36. The summed E-state index contributed by atoms with van der Waals surface area (Å²) in [6, 6.07) is 4.09. The van der Waals surface area contributed by atoms with Crippen LogP contribution in [0.25, 0.3) is 0 Å². The normalized spacial score (nSPS) is 9.44. The number of aromatic nitrogens is 1. The third-order valence-electron chi connectivity index (χ3n) is 1.18. The van der Waals surface area contributed by atoms with Gasteiger partial charge in [0.05, 0.1) is 0 Å². The average Bonchev–Trinajstić information content (AvgIpc) is 1.91. The third kappa shape index (κ3) is 2.11. The molecule has 48 valence electrons. The van der Waals surface area contributed by atoms with Gasteiger partial charge in [0.1, 0.15) is 0 Å². The van der Waals surface area contributed by atoms with E-state index in [2.05, 4.69) is 14.2 Å². The van der Waals surface area contributed by atoms with Gasteiger partial charge in [-0.05, 0) is 30.3 Å². The first kappa shape index (κ1) is 6.70. The van der Waals surface area contributed by atoms with E-state index in [0.29, 0.717) is 0 Å². The first-order valence-electron chi connectivity index (χ1n) is 3.02. The molecule has 1 nitrogen and oxygen atoms in total. The van der Waals surface area contributed by atoms with Gasteiger partial charge in [-0.2, -0.15) is 0 Å². The molecular formula is C7H10NP. The van der Waals surface area contributed by atoms with Crippen LogP contribution in [-0.2, 0) is 6.42 Å². The van der Waals surface area contributed by atoms with Gasteiger partial charge in [0.2, 0.25) is 0 Å². The fourth-order valence-electron chi connectivity index (χ4n) is 0.716. The van der Waals surface area contributed by atoms with E-state index in [0.717, 1.165) is 12.6 Å². The number of hydrogen-bond donors (Lipinski definition) is 0. The average molecular weight is 139 g/mol. The number of aryl methyl sites for hydroxylation is 1. The summed E-state index contributed by atoms with van der Waals surface area (Å²) in [7, 11) is 2.71. The Morgan fingerprint density at radius 2 is 2.00 bits per heavy atom. The fourth-order valence-corrected chi connectivity index (χ4v) is 1.05. The number of nitrogens with zero attached hydrogens (tertiary/aromatic N) is 1. The largest absolute Gasteiger partial charge is 0.265 e. The Balaban J connectivity index is 2.61. The van der Waals surface area contributed by atoms with Crippen LogP contribution >= 0.6 is 9.24 Å². The maximum Gasteiger partial charge on any atom is 0.0270 e. The van der Waals surface area contributed by atoms with E-state index in [4.69, 9.17) is 0 Å². The van der Waals surface area contributed by atoms with Crippen molar-refractivity contribution in [3.8, 4) is 0 Å². The highest BCUT2D eigenvalue weighted by molar-refractivity contribution is 7.16. The highest BCUT2D eigenvalue weighted by Gasteiger charge is 1.85. The van der Waals surface area contributed by atoms with Gasteiger partial charge in [0.15, 0.2) is 0 Å². The molecule has 0 saturated carbocycles. The Morgan fingerprint density at radius 3 is 2.56 bits per heavy atom. The minimum atomic E-state index is 1.13. The molecule has 1 heterocycles. The molecular weight excluding hydrogens is 129 g/mol. The van der Waals surface area contributed by atoms with Crippen LogP contribution in [0.3, 0.4) is 0 Å². The molecule has 1 aromatic heterocycles. The Bertz CT molecular complexity index is 162. The van der Waals surface area contributed by atoms with Gasteiger partial charge in [-0.3, -0.25) is 4.98 Å². The molecule has 0 saturated heterocycles. The molecule has 0 N–H and O–H groups in total. The lowest BCUT2D eigenvalue weighted by Crippen LogP contribution is -1.83. The second-order valence-corrected chi connectivity index (χ2v) is 2.47. The first-order valence-corrected chi connectivity index (χ1v) is 3.84. The molecule has 0 aliphatic carbocycles. The minimum absolute atomic E-state index is 1.13. The lowest BCUT2D eigenvalue weighted by atomic mass is 10.2. The molecule has 0 aliphatic heterocycles. The molecule has 1 rings (SSSR count). The van der Waals surface area contributed by atoms with Crippen molar-refractivity contribution in [3.63, 3.8) is 0 Å². The lowest BCUT2D eigenvalue weighted by molar-refractivity contribution is 1.13. The smallest absolute Gasteiger partial charge is 0.0270 e. The van der Waals surface area contributed by atoms with Crippen LogP contribution in [-0.4, -0.2) is 11.1 Å². The molecule has 0 bridgehead atoms.